The minimum Gasteiger partial charge on any atom is -0.253 e. The van der Waals surface area contributed by atoms with E-state index in [0.717, 1.165) is 22.0 Å². The lowest BCUT2D eigenvalue weighted by atomic mass is 9.97. The van der Waals surface area contributed by atoms with Gasteiger partial charge in [-0.3, -0.25) is 5.43 Å². The molecule has 0 spiro atoms. The van der Waals surface area contributed by atoms with E-state index in [0.29, 0.717) is 0 Å². The molecule has 0 amide bonds. The van der Waals surface area contributed by atoms with Crippen molar-refractivity contribution in [2.24, 2.45) is 5.10 Å². The third kappa shape index (κ3) is 3.15. The van der Waals surface area contributed by atoms with Gasteiger partial charge in [0.15, 0.2) is 0 Å². The van der Waals surface area contributed by atoms with Crippen LogP contribution in [0.15, 0.2) is 95.4 Å². The van der Waals surface area contributed by atoms with Gasteiger partial charge >= 0.3 is 0 Å². The van der Waals surface area contributed by atoms with Crippen LogP contribution in [0.25, 0.3) is 32.8 Å². The lowest BCUT2D eigenvalue weighted by Gasteiger charge is -2.07. The van der Waals surface area contributed by atoms with Gasteiger partial charge in [-0.05, 0) is 27.6 Å². The van der Waals surface area contributed by atoms with E-state index < -0.39 is 0 Å². The summed E-state index contributed by atoms with van der Waals surface area (Å²) >= 11 is 1.55. The number of hydrazone groups is 1. The Balaban J connectivity index is 1.48. The van der Waals surface area contributed by atoms with Gasteiger partial charge in [-0.1, -0.05) is 78.9 Å². The maximum Gasteiger partial charge on any atom is 0.203 e. The number of nitrogens with zero attached hydrogens (tertiary/aromatic N) is 2. The first kappa shape index (κ1) is 16.7. The summed E-state index contributed by atoms with van der Waals surface area (Å²) in [6.07, 6.45) is 1.90. The summed E-state index contributed by atoms with van der Waals surface area (Å²) in [6, 6.07) is 29.2. The molecule has 0 saturated carbocycles. The van der Waals surface area contributed by atoms with Gasteiger partial charge in [-0.25, -0.2) is 4.98 Å². The Kier molecular flexibility index (Phi) is 4.31. The highest BCUT2D eigenvalue weighted by atomic mass is 32.1. The third-order valence-electron chi connectivity index (χ3n) is 4.74. The molecular weight excluding hydrogens is 362 g/mol. The van der Waals surface area contributed by atoms with E-state index in [9.17, 15) is 0 Å². The Morgan fingerprint density at radius 2 is 1.43 bits per heavy atom. The second-order valence-electron chi connectivity index (χ2n) is 6.51. The Hall–Kier alpha value is -3.50. The van der Waals surface area contributed by atoms with E-state index >= 15 is 0 Å². The van der Waals surface area contributed by atoms with Crippen molar-refractivity contribution in [3.63, 3.8) is 0 Å². The number of anilines is 1. The average Bonchev–Trinajstić information content (AvgIpc) is 3.23. The first-order valence-electron chi connectivity index (χ1n) is 9.09. The van der Waals surface area contributed by atoms with Crippen molar-refractivity contribution >= 4 is 44.2 Å². The number of rotatable bonds is 4. The van der Waals surface area contributed by atoms with Crippen LogP contribution >= 0.6 is 11.3 Å². The van der Waals surface area contributed by atoms with Crippen LogP contribution in [0.2, 0.25) is 0 Å². The van der Waals surface area contributed by atoms with Crippen LogP contribution in [0.5, 0.6) is 0 Å². The van der Waals surface area contributed by atoms with E-state index in [1.807, 2.05) is 29.8 Å². The molecule has 28 heavy (non-hydrogen) atoms. The molecule has 1 heterocycles. The summed E-state index contributed by atoms with van der Waals surface area (Å²) < 4.78 is 0. The maximum atomic E-state index is 4.63. The van der Waals surface area contributed by atoms with Gasteiger partial charge in [0.1, 0.15) is 0 Å². The van der Waals surface area contributed by atoms with Crippen LogP contribution in [-0.2, 0) is 0 Å². The Morgan fingerprint density at radius 3 is 2.14 bits per heavy atom. The van der Waals surface area contributed by atoms with Crippen molar-refractivity contribution in [3.8, 4) is 11.3 Å². The van der Waals surface area contributed by atoms with E-state index in [1.165, 1.54) is 21.5 Å². The van der Waals surface area contributed by atoms with Crippen molar-refractivity contribution < 1.29 is 0 Å². The number of fused-ring (bicyclic) bond motifs is 2. The van der Waals surface area contributed by atoms with Crippen molar-refractivity contribution in [2.45, 2.75) is 0 Å². The number of hydrogen-bond donors (Lipinski definition) is 1. The molecule has 4 heteroatoms. The van der Waals surface area contributed by atoms with Gasteiger partial charge in [0.05, 0.1) is 11.9 Å². The molecule has 0 atom stereocenters. The maximum absolute atomic E-state index is 4.63. The van der Waals surface area contributed by atoms with Gasteiger partial charge in [0, 0.05) is 16.5 Å². The fraction of sp³-hybridized carbons (Fsp3) is 0. The van der Waals surface area contributed by atoms with Crippen LogP contribution in [0.3, 0.4) is 0 Å². The van der Waals surface area contributed by atoms with E-state index in [1.54, 1.807) is 11.3 Å². The minimum absolute atomic E-state index is 0.777. The van der Waals surface area contributed by atoms with Crippen molar-refractivity contribution in [1.82, 2.24) is 4.98 Å². The summed E-state index contributed by atoms with van der Waals surface area (Å²) in [4.78, 5) is 4.63. The molecule has 3 nitrogen and oxygen atoms in total. The summed E-state index contributed by atoms with van der Waals surface area (Å²) in [7, 11) is 0. The summed E-state index contributed by atoms with van der Waals surface area (Å²) in [5.41, 5.74) is 6.27. The van der Waals surface area contributed by atoms with Gasteiger partial charge in [0.25, 0.3) is 0 Å². The van der Waals surface area contributed by atoms with E-state index in [2.05, 4.69) is 82.2 Å². The third-order valence-corrected chi connectivity index (χ3v) is 5.49. The average molecular weight is 379 g/mol. The second kappa shape index (κ2) is 7.25. The SMILES string of the molecule is C(=N/Nc1nc(-c2ccccc2)cs1)/c1c2ccccc2cc2ccccc12. The van der Waals surface area contributed by atoms with Gasteiger partial charge in [-0.15, -0.1) is 11.3 Å². The molecule has 0 aliphatic heterocycles. The van der Waals surface area contributed by atoms with Crippen molar-refractivity contribution in [3.05, 3.63) is 95.9 Å². The molecule has 0 aliphatic rings. The summed E-state index contributed by atoms with van der Waals surface area (Å²) in [6.45, 7) is 0. The van der Waals surface area contributed by atoms with Crippen molar-refractivity contribution in [1.29, 1.82) is 0 Å². The van der Waals surface area contributed by atoms with E-state index in [-0.39, 0.29) is 0 Å². The quantitative estimate of drug-likeness (QED) is 0.218. The van der Waals surface area contributed by atoms with Gasteiger partial charge in [-0.2, -0.15) is 5.10 Å². The molecule has 0 fully saturated rings. The lowest BCUT2D eigenvalue weighted by Crippen LogP contribution is -1.93. The van der Waals surface area contributed by atoms with Gasteiger partial charge < -0.3 is 0 Å². The first-order valence-corrected chi connectivity index (χ1v) is 9.97. The Bertz CT molecular complexity index is 1240. The number of nitrogens with one attached hydrogen (secondary N) is 1. The highest BCUT2D eigenvalue weighted by molar-refractivity contribution is 7.14. The predicted molar refractivity (Wildman–Crippen MR) is 120 cm³/mol. The Labute approximate surface area is 167 Å². The molecule has 5 aromatic rings. The zero-order chi connectivity index (χ0) is 18.8. The Morgan fingerprint density at radius 1 is 0.786 bits per heavy atom. The molecule has 0 unspecified atom stereocenters. The van der Waals surface area contributed by atoms with Crippen molar-refractivity contribution in [2.75, 3.05) is 5.43 Å². The predicted octanol–water partition coefficient (Wildman–Crippen LogP) is 6.56. The summed E-state index contributed by atoms with van der Waals surface area (Å²) in [5.74, 6) is 0. The molecule has 134 valence electrons. The standard InChI is InChI=1S/C24H17N3S/c1-2-8-17(9-3-1)23-16-28-24(26-23)27-25-15-22-20-12-6-4-10-18(20)14-19-11-5-7-13-21(19)22/h1-16H,(H,26,27)/b25-15-. The molecule has 4 aromatic carbocycles. The normalized spacial score (nSPS) is 11.4. The number of aromatic nitrogens is 1. The first-order chi connectivity index (χ1) is 13.9. The largest absolute Gasteiger partial charge is 0.253 e. The number of thiazole rings is 1. The fourth-order valence-corrected chi connectivity index (χ4v) is 4.08. The highest BCUT2D eigenvalue weighted by Gasteiger charge is 2.06. The number of hydrogen-bond acceptors (Lipinski definition) is 4. The zero-order valence-corrected chi connectivity index (χ0v) is 15.9. The molecule has 5 rings (SSSR count). The van der Waals surface area contributed by atoms with Crippen LogP contribution in [0.4, 0.5) is 5.13 Å². The monoisotopic (exact) mass is 379 g/mol. The molecule has 0 radical (unpaired) electrons. The molecule has 0 aliphatic carbocycles. The number of benzene rings is 4. The lowest BCUT2D eigenvalue weighted by molar-refractivity contribution is 1.29. The minimum atomic E-state index is 0.777. The van der Waals surface area contributed by atoms with E-state index in [4.69, 9.17) is 0 Å². The molecule has 1 aromatic heterocycles. The molecule has 0 saturated heterocycles. The molecular formula is C24H17N3S. The topological polar surface area (TPSA) is 37.3 Å². The highest BCUT2D eigenvalue weighted by Crippen LogP contribution is 2.28. The van der Waals surface area contributed by atoms with Gasteiger partial charge in [0.2, 0.25) is 5.13 Å². The second-order valence-corrected chi connectivity index (χ2v) is 7.36. The van der Waals surface area contributed by atoms with Crippen LogP contribution < -0.4 is 5.43 Å². The fourth-order valence-electron chi connectivity index (χ4n) is 3.41. The zero-order valence-electron chi connectivity index (χ0n) is 15.0. The van der Waals surface area contributed by atoms with Crippen LogP contribution in [0.1, 0.15) is 5.56 Å². The van der Waals surface area contributed by atoms with Crippen LogP contribution in [0, 0.1) is 0 Å². The van der Waals surface area contributed by atoms with Crippen LogP contribution in [-0.4, -0.2) is 11.2 Å². The molecule has 0 bridgehead atoms. The summed E-state index contributed by atoms with van der Waals surface area (Å²) in [5, 5.41) is 12.1. The smallest absolute Gasteiger partial charge is 0.203 e. The molecule has 1 N–H and O–H groups in total.